The molecule has 2 rings (SSSR count). The van der Waals surface area contributed by atoms with Gasteiger partial charge < -0.3 is 0 Å². The molecule has 1 aliphatic carbocycles. The maximum absolute atomic E-state index is 6.31. The van der Waals surface area contributed by atoms with Crippen LogP contribution in [0.4, 0.5) is 0 Å². The minimum atomic E-state index is 0.415. The minimum absolute atomic E-state index is 0.415. The fraction of sp³-hybridized carbons (Fsp3) is 0.600. The van der Waals surface area contributed by atoms with Crippen molar-refractivity contribution in [3.8, 4) is 0 Å². The van der Waals surface area contributed by atoms with Crippen LogP contribution in [0.5, 0.6) is 0 Å². The van der Waals surface area contributed by atoms with Crippen LogP contribution in [0.3, 0.4) is 0 Å². The topological polar surface area (TPSA) is 0 Å². The first kappa shape index (κ1) is 12.0. The van der Waals surface area contributed by atoms with Crippen LogP contribution in [0.15, 0.2) is 24.3 Å². The van der Waals surface area contributed by atoms with Gasteiger partial charge >= 0.3 is 0 Å². The van der Waals surface area contributed by atoms with Gasteiger partial charge in [0.1, 0.15) is 0 Å². The molecular weight excluding hydrogens is 216 g/mol. The van der Waals surface area contributed by atoms with Gasteiger partial charge in [-0.3, -0.25) is 0 Å². The molecule has 1 aliphatic rings. The Bertz CT molecular complexity index is 315. The minimum Gasteiger partial charge on any atom is -0.123 e. The monoisotopic (exact) mass is 236 g/mol. The quantitative estimate of drug-likeness (QED) is 0.515. The number of alkyl halides is 1. The lowest BCUT2D eigenvalue weighted by atomic mass is 9.92. The molecule has 0 bridgehead atoms. The standard InChI is InChI=1S/C15H21Cl/c1-12-6-8-13(9-7-12)10-14-4-2-3-5-15(16)11-14/h6-9,14-15H,2-5,10-11H2,1H3. The summed E-state index contributed by atoms with van der Waals surface area (Å²) in [6.07, 6.45) is 7.67. The summed E-state index contributed by atoms with van der Waals surface area (Å²) in [6, 6.07) is 8.96. The number of hydrogen-bond donors (Lipinski definition) is 0. The fourth-order valence-electron chi connectivity index (χ4n) is 2.64. The van der Waals surface area contributed by atoms with E-state index in [1.165, 1.54) is 49.7 Å². The average Bonchev–Trinajstić information content (AvgIpc) is 2.46. The highest BCUT2D eigenvalue weighted by Gasteiger charge is 2.18. The summed E-state index contributed by atoms with van der Waals surface area (Å²) in [5.74, 6) is 0.799. The second-order valence-corrected chi connectivity index (χ2v) is 5.79. The Kier molecular flexibility index (Phi) is 4.29. The van der Waals surface area contributed by atoms with E-state index in [-0.39, 0.29) is 0 Å². The molecule has 1 aromatic carbocycles. The molecule has 0 amide bonds. The van der Waals surface area contributed by atoms with Crippen LogP contribution in [-0.2, 0) is 6.42 Å². The summed E-state index contributed by atoms with van der Waals surface area (Å²) in [6.45, 7) is 2.14. The first-order valence-electron chi connectivity index (χ1n) is 6.43. The molecule has 0 aliphatic heterocycles. The molecule has 2 unspecified atom stereocenters. The fourth-order valence-corrected chi connectivity index (χ4v) is 3.05. The van der Waals surface area contributed by atoms with Crippen molar-refractivity contribution in [3.05, 3.63) is 35.4 Å². The van der Waals surface area contributed by atoms with E-state index in [4.69, 9.17) is 11.6 Å². The first-order valence-corrected chi connectivity index (χ1v) is 6.87. The lowest BCUT2D eigenvalue weighted by molar-refractivity contribution is 0.460. The SMILES string of the molecule is Cc1ccc(CC2CCCCC(Cl)C2)cc1. The lowest BCUT2D eigenvalue weighted by Gasteiger charge is -2.16. The van der Waals surface area contributed by atoms with Gasteiger partial charge in [-0.1, -0.05) is 49.1 Å². The van der Waals surface area contributed by atoms with E-state index in [1.807, 2.05) is 0 Å². The second-order valence-electron chi connectivity index (χ2n) is 5.17. The number of aryl methyl sites for hydroxylation is 1. The van der Waals surface area contributed by atoms with Crippen LogP contribution in [-0.4, -0.2) is 5.38 Å². The largest absolute Gasteiger partial charge is 0.123 e. The van der Waals surface area contributed by atoms with Gasteiger partial charge in [-0.2, -0.15) is 0 Å². The second kappa shape index (κ2) is 5.72. The van der Waals surface area contributed by atoms with Gasteiger partial charge in [0.05, 0.1) is 0 Å². The van der Waals surface area contributed by atoms with E-state index in [0.717, 1.165) is 5.92 Å². The summed E-state index contributed by atoms with van der Waals surface area (Å²) in [7, 11) is 0. The van der Waals surface area contributed by atoms with Crippen molar-refractivity contribution in [2.45, 2.75) is 50.8 Å². The van der Waals surface area contributed by atoms with Crippen molar-refractivity contribution in [2.24, 2.45) is 5.92 Å². The lowest BCUT2D eigenvalue weighted by Crippen LogP contribution is -2.08. The number of halogens is 1. The zero-order valence-electron chi connectivity index (χ0n) is 10.1. The molecule has 16 heavy (non-hydrogen) atoms. The van der Waals surface area contributed by atoms with Crippen LogP contribution in [0.2, 0.25) is 0 Å². The van der Waals surface area contributed by atoms with Crippen molar-refractivity contribution in [1.29, 1.82) is 0 Å². The van der Waals surface area contributed by atoms with Crippen molar-refractivity contribution < 1.29 is 0 Å². The van der Waals surface area contributed by atoms with E-state index in [2.05, 4.69) is 31.2 Å². The smallest absolute Gasteiger partial charge is 0.0338 e. The third kappa shape index (κ3) is 3.52. The molecule has 0 radical (unpaired) electrons. The predicted octanol–water partition coefficient (Wildman–Crippen LogP) is 4.73. The molecule has 2 atom stereocenters. The highest BCUT2D eigenvalue weighted by Crippen LogP contribution is 2.29. The van der Waals surface area contributed by atoms with Crippen molar-refractivity contribution in [2.75, 3.05) is 0 Å². The average molecular weight is 237 g/mol. The first-order chi connectivity index (χ1) is 7.74. The van der Waals surface area contributed by atoms with Crippen molar-refractivity contribution in [1.82, 2.24) is 0 Å². The summed E-state index contributed by atoms with van der Waals surface area (Å²) < 4.78 is 0. The van der Waals surface area contributed by atoms with Gasteiger partial charge in [-0.15, -0.1) is 11.6 Å². The summed E-state index contributed by atoms with van der Waals surface area (Å²) in [4.78, 5) is 0. The van der Waals surface area contributed by atoms with Gasteiger partial charge in [0.2, 0.25) is 0 Å². The summed E-state index contributed by atoms with van der Waals surface area (Å²) >= 11 is 6.31. The van der Waals surface area contributed by atoms with Gasteiger partial charge in [0, 0.05) is 5.38 Å². The van der Waals surface area contributed by atoms with Gasteiger partial charge in [-0.05, 0) is 37.7 Å². The highest BCUT2D eigenvalue weighted by atomic mass is 35.5. The van der Waals surface area contributed by atoms with Crippen LogP contribution in [0.1, 0.15) is 43.2 Å². The van der Waals surface area contributed by atoms with E-state index >= 15 is 0 Å². The molecule has 1 saturated carbocycles. The summed E-state index contributed by atoms with van der Waals surface area (Å²) in [5.41, 5.74) is 2.82. The molecule has 0 spiro atoms. The Morgan fingerprint density at radius 1 is 1.12 bits per heavy atom. The zero-order valence-corrected chi connectivity index (χ0v) is 10.8. The maximum atomic E-state index is 6.31. The van der Waals surface area contributed by atoms with E-state index in [1.54, 1.807) is 0 Å². The Hall–Kier alpha value is -0.490. The Morgan fingerprint density at radius 2 is 1.81 bits per heavy atom. The molecule has 1 aromatic rings. The van der Waals surface area contributed by atoms with Crippen LogP contribution in [0, 0.1) is 12.8 Å². The van der Waals surface area contributed by atoms with Gasteiger partial charge in [-0.25, -0.2) is 0 Å². The third-order valence-corrected chi connectivity index (χ3v) is 4.01. The van der Waals surface area contributed by atoms with E-state index in [9.17, 15) is 0 Å². The Labute approximate surface area is 104 Å². The molecule has 0 N–H and O–H groups in total. The van der Waals surface area contributed by atoms with Crippen LogP contribution >= 0.6 is 11.6 Å². The van der Waals surface area contributed by atoms with Crippen LogP contribution in [0.25, 0.3) is 0 Å². The molecule has 0 nitrogen and oxygen atoms in total. The van der Waals surface area contributed by atoms with E-state index < -0.39 is 0 Å². The normalized spacial score (nSPS) is 26.4. The van der Waals surface area contributed by atoms with Crippen molar-refractivity contribution >= 4 is 11.6 Å². The Balaban J connectivity index is 1.95. The molecule has 88 valence electrons. The maximum Gasteiger partial charge on any atom is 0.0338 e. The number of rotatable bonds is 2. The van der Waals surface area contributed by atoms with Gasteiger partial charge in [0.15, 0.2) is 0 Å². The molecular formula is C15H21Cl. The number of benzene rings is 1. The molecule has 1 heteroatoms. The molecule has 0 aromatic heterocycles. The molecule has 1 fully saturated rings. The molecule has 0 saturated heterocycles. The van der Waals surface area contributed by atoms with Crippen LogP contribution < -0.4 is 0 Å². The Morgan fingerprint density at radius 3 is 2.56 bits per heavy atom. The summed E-state index contributed by atoms with van der Waals surface area (Å²) in [5, 5.41) is 0.415. The third-order valence-electron chi connectivity index (χ3n) is 3.61. The van der Waals surface area contributed by atoms with Gasteiger partial charge in [0.25, 0.3) is 0 Å². The zero-order chi connectivity index (χ0) is 11.4. The van der Waals surface area contributed by atoms with Crippen molar-refractivity contribution in [3.63, 3.8) is 0 Å². The highest BCUT2D eigenvalue weighted by molar-refractivity contribution is 6.20. The molecule has 0 heterocycles. The number of hydrogen-bond acceptors (Lipinski definition) is 0. The van der Waals surface area contributed by atoms with E-state index in [0.29, 0.717) is 5.38 Å². The predicted molar refractivity (Wildman–Crippen MR) is 71.1 cm³/mol.